The summed E-state index contributed by atoms with van der Waals surface area (Å²) in [5.74, 6) is -3.67. The zero-order valence-electron chi connectivity index (χ0n) is 26.8. The fraction of sp³-hybridized carbons (Fsp3) is 0.625. The van der Waals surface area contributed by atoms with E-state index in [9.17, 15) is 28.8 Å². The monoisotopic (exact) mass is 625 g/mol. The van der Waals surface area contributed by atoms with Crippen molar-refractivity contribution in [3.8, 4) is 0 Å². The average Bonchev–Trinajstić information content (AvgIpc) is 3.00. The third-order valence-electron chi connectivity index (χ3n) is 8.33. The Balaban J connectivity index is 1.75. The Morgan fingerprint density at radius 1 is 1.02 bits per heavy atom. The number of Topliss-reactive ketones (excluding diaryl/α,β-unsaturated/α-hetero) is 1. The second-order valence-electron chi connectivity index (χ2n) is 12.8. The van der Waals surface area contributed by atoms with Gasteiger partial charge in [0.05, 0.1) is 12.2 Å². The summed E-state index contributed by atoms with van der Waals surface area (Å²) in [6, 6.07) is -3.77. The molecule has 13 heteroatoms. The first kappa shape index (κ1) is 35.3. The van der Waals surface area contributed by atoms with Crippen LogP contribution < -0.4 is 21.3 Å². The molecule has 0 radical (unpaired) electrons. The molecule has 1 saturated carbocycles. The maximum Gasteiger partial charge on any atom is 0.289 e. The molecule has 2 unspecified atom stereocenters. The van der Waals surface area contributed by atoms with Crippen LogP contribution in [0.3, 0.4) is 0 Å². The highest BCUT2D eigenvalue weighted by Gasteiger charge is 2.46. The van der Waals surface area contributed by atoms with Crippen molar-refractivity contribution in [2.45, 2.75) is 103 Å². The molecule has 2 fully saturated rings. The van der Waals surface area contributed by atoms with Gasteiger partial charge in [0.2, 0.25) is 23.5 Å². The molecule has 5 amide bonds. The second-order valence-corrected chi connectivity index (χ2v) is 12.8. The number of hydrogen-bond acceptors (Lipinski definition) is 8. The number of ketones is 1. The van der Waals surface area contributed by atoms with Gasteiger partial charge >= 0.3 is 0 Å². The molecule has 1 saturated heterocycles. The first-order valence-electron chi connectivity index (χ1n) is 15.8. The highest BCUT2D eigenvalue weighted by atomic mass is 16.2. The number of likely N-dealkylation sites (tertiary alicyclic amines) is 1. The van der Waals surface area contributed by atoms with Gasteiger partial charge in [0.15, 0.2) is 0 Å². The summed E-state index contributed by atoms with van der Waals surface area (Å²) in [6.45, 7) is 11.2. The van der Waals surface area contributed by atoms with Crippen LogP contribution in [-0.4, -0.2) is 87.4 Å². The molecule has 246 valence electrons. The molecule has 0 spiro atoms. The topological polar surface area (TPSA) is 180 Å². The van der Waals surface area contributed by atoms with Gasteiger partial charge in [0.1, 0.15) is 23.8 Å². The van der Waals surface area contributed by atoms with Gasteiger partial charge in [-0.15, -0.1) is 6.58 Å². The number of hydrogen-bond donors (Lipinski definition) is 4. The van der Waals surface area contributed by atoms with Crippen molar-refractivity contribution in [3.05, 3.63) is 36.9 Å². The van der Waals surface area contributed by atoms with Gasteiger partial charge < -0.3 is 26.2 Å². The van der Waals surface area contributed by atoms with Crippen LogP contribution in [0.2, 0.25) is 0 Å². The van der Waals surface area contributed by atoms with E-state index < -0.39 is 64.9 Å². The van der Waals surface area contributed by atoms with Crippen LogP contribution in [0.1, 0.15) is 89.5 Å². The number of carbonyl (C=O) groups excluding carboxylic acids is 6. The van der Waals surface area contributed by atoms with Crippen molar-refractivity contribution in [1.82, 2.24) is 36.1 Å². The van der Waals surface area contributed by atoms with E-state index in [2.05, 4.69) is 37.8 Å². The molecule has 1 aliphatic carbocycles. The predicted octanol–water partition coefficient (Wildman–Crippen LogP) is 1.44. The summed E-state index contributed by atoms with van der Waals surface area (Å²) in [6.07, 6.45) is 11.2. The van der Waals surface area contributed by atoms with E-state index in [4.69, 9.17) is 0 Å². The third kappa shape index (κ3) is 9.41. The molecule has 0 bridgehead atoms. The summed E-state index contributed by atoms with van der Waals surface area (Å²) in [5, 5.41) is 10.8. The molecule has 4 N–H and O–H groups in total. The molecule has 0 aromatic carbocycles. The van der Waals surface area contributed by atoms with Gasteiger partial charge in [-0.25, -0.2) is 4.98 Å². The number of aromatic nitrogens is 2. The molecule has 2 aliphatic rings. The minimum atomic E-state index is -1.03. The predicted molar refractivity (Wildman–Crippen MR) is 166 cm³/mol. The van der Waals surface area contributed by atoms with Crippen molar-refractivity contribution < 1.29 is 28.8 Å². The zero-order chi connectivity index (χ0) is 33.1. The largest absolute Gasteiger partial charge is 0.346 e. The average molecular weight is 626 g/mol. The van der Waals surface area contributed by atoms with Crippen LogP contribution in [-0.2, 0) is 24.0 Å². The van der Waals surface area contributed by atoms with E-state index in [-0.39, 0.29) is 24.6 Å². The minimum absolute atomic E-state index is 0.0852. The second kappa shape index (κ2) is 16.2. The third-order valence-corrected chi connectivity index (χ3v) is 8.33. The van der Waals surface area contributed by atoms with E-state index >= 15 is 0 Å². The van der Waals surface area contributed by atoms with Crippen LogP contribution in [0.5, 0.6) is 0 Å². The van der Waals surface area contributed by atoms with Gasteiger partial charge in [-0.3, -0.25) is 33.8 Å². The van der Waals surface area contributed by atoms with E-state index in [0.717, 1.165) is 32.1 Å². The lowest BCUT2D eigenvalue weighted by Gasteiger charge is -2.44. The van der Waals surface area contributed by atoms with Crippen molar-refractivity contribution in [2.75, 3.05) is 13.1 Å². The molecular formula is C32H47N7O6. The zero-order valence-corrected chi connectivity index (χ0v) is 26.8. The summed E-state index contributed by atoms with van der Waals surface area (Å²) in [7, 11) is 0. The van der Waals surface area contributed by atoms with Crippen LogP contribution in [0, 0.1) is 11.3 Å². The SMILES string of the molecule is C=CCNC(=O)C(=O)C(CCC)NC(=O)C1CCN1C(=O)[C@@H](NC(=O)[C@@H](NC(=O)c1cnccn1)C1CCCCC1)C(C)(C)C. The smallest absolute Gasteiger partial charge is 0.289 e. The van der Waals surface area contributed by atoms with Crippen LogP contribution in [0.15, 0.2) is 31.2 Å². The van der Waals surface area contributed by atoms with Gasteiger partial charge in [-0.2, -0.15) is 0 Å². The number of rotatable bonds is 14. The van der Waals surface area contributed by atoms with Crippen LogP contribution in [0.4, 0.5) is 0 Å². The van der Waals surface area contributed by atoms with Crippen molar-refractivity contribution >= 4 is 35.3 Å². The molecule has 2 heterocycles. The molecule has 1 aromatic rings. The summed E-state index contributed by atoms with van der Waals surface area (Å²) < 4.78 is 0. The fourth-order valence-corrected chi connectivity index (χ4v) is 5.70. The lowest BCUT2D eigenvalue weighted by molar-refractivity contribution is -0.153. The lowest BCUT2D eigenvalue weighted by Crippen LogP contribution is -2.66. The van der Waals surface area contributed by atoms with Crippen molar-refractivity contribution in [2.24, 2.45) is 11.3 Å². The molecule has 1 aliphatic heterocycles. The summed E-state index contributed by atoms with van der Waals surface area (Å²) >= 11 is 0. The summed E-state index contributed by atoms with van der Waals surface area (Å²) in [5.41, 5.74) is -0.652. The maximum absolute atomic E-state index is 13.9. The fourth-order valence-electron chi connectivity index (χ4n) is 5.70. The van der Waals surface area contributed by atoms with Crippen LogP contribution >= 0.6 is 0 Å². The Hall–Kier alpha value is -4.16. The number of nitrogens with zero attached hydrogens (tertiary/aromatic N) is 3. The van der Waals surface area contributed by atoms with Gasteiger partial charge in [-0.1, -0.05) is 59.5 Å². The Morgan fingerprint density at radius 3 is 2.29 bits per heavy atom. The molecular weight excluding hydrogens is 578 g/mol. The molecule has 45 heavy (non-hydrogen) atoms. The Bertz CT molecular complexity index is 1240. The standard InChI is InChI=1S/C32H47N7O6/c1-6-11-21(25(40)30(44)35-15-7-2)36-28(42)23-14-18-39(23)31(45)26(32(3,4)5)38-29(43)24(20-12-9-8-10-13-20)37-27(41)22-19-33-16-17-34-22/h7,16-17,19-21,23-24,26H,2,6,8-15,18H2,1,3-5H3,(H,35,44)(H,36,42)(H,37,41)(H,38,43)/t21?,23?,24-,26+/m0/s1. The quantitative estimate of drug-likeness (QED) is 0.177. The van der Waals surface area contributed by atoms with E-state index in [1.54, 1.807) is 0 Å². The highest BCUT2D eigenvalue weighted by molar-refractivity contribution is 6.38. The highest BCUT2D eigenvalue weighted by Crippen LogP contribution is 2.29. The Labute approximate surface area is 264 Å². The molecule has 13 nitrogen and oxygen atoms in total. The van der Waals surface area contributed by atoms with E-state index in [1.807, 2.05) is 27.7 Å². The summed E-state index contributed by atoms with van der Waals surface area (Å²) in [4.78, 5) is 88.4. The van der Waals surface area contributed by atoms with Crippen molar-refractivity contribution in [3.63, 3.8) is 0 Å². The normalized spacial score (nSPS) is 18.8. The first-order chi connectivity index (χ1) is 21.4. The van der Waals surface area contributed by atoms with E-state index in [1.165, 1.54) is 29.6 Å². The minimum Gasteiger partial charge on any atom is -0.346 e. The lowest BCUT2D eigenvalue weighted by atomic mass is 9.81. The maximum atomic E-state index is 13.9. The molecule has 1 aromatic heterocycles. The molecule has 3 rings (SSSR count). The number of carbonyl (C=O) groups is 6. The molecule has 4 atom stereocenters. The number of amides is 5. The van der Waals surface area contributed by atoms with Gasteiger partial charge in [-0.05, 0) is 37.0 Å². The first-order valence-corrected chi connectivity index (χ1v) is 15.8. The Kier molecular flexibility index (Phi) is 12.7. The van der Waals surface area contributed by atoms with E-state index in [0.29, 0.717) is 19.4 Å². The van der Waals surface area contributed by atoms with Crippen LogP contribution in [0.25, 0.3) is 0 Å². The van der Waals surface area contributed by atoms with Crippen molar-refractivity contribution in [1.29, 1.82) is 0 Å². The van der Waals surface area contributed by atoms with Gasteiger partial charge in [0.25, 0.3) is 11.8 Å². The Morgan fingerprint density at radius 2 is 1.73 bits per heavy atom. The van der Waals surface area contributed by atoms with Gasteiger partial charge in [0, 0.05) is 25.5 Å². The number of nitrogens with one attached hydrogen (secondary N) is 4.